The highest BCUT2D eigenvalue weighted by atomic mass is 16.5. The first-order valence-corrected chi connectivity index (χ1v) is 8.61. The van der Waals surface area contributed by atoms with E-state index in [4.69, 9.17) is 4.74 Å². The van der Waals surface area contributed by atoms with Gasteiger partial charge in [0.1, 0.15) is 12.1 Å². The van der Waals surface area contributed by atoms with Crippen molar-refractivity contribution in [1.82, 2.24) is 25.1 Å². The molecule has 4 rings (SSSR count). The van der Waals surface area contributed by atoms with Crippen molar-refractivity contribution in [2.24, 2.45) is 5.92 Å². The van der Waals surface area contributed by atoms with E-state index in [1.165, 1.54) is 0 Å². The summed E-state index contributed by atoms with van der Waals surface area (Å²) in [4.78, 5) is 14.5. The lowest BCUT2D eigenvalue weighted by Crippen LogP contribution is -2.42. The van der Waals surface area contributed by atoms with Crippen LogP contribution in [-0.4, -0.2) is 58.1 Å². The molecule has 4 heterocycles. The van der Waals surface area contributed by atoms with Gasteiger partial charge in [0.05, 0.1) is 6.10 Å². The third-order valence-corrected chi connectivity index (χ3v) is 4.87. The molecule has 2 saturated heterocycles. The van der Waals surface area contributed by atoms with E-state index in [0.29, 0.717) is 6.54 Å². The molecule has 0 spiro atoms. The van der Waals surface area contributed by atoms with Gasteiger partial charge in [-0.1, -0.05) is 0 Å². The highest BCUT2D eigenvalue weighted by Gasteiger charge is 2.26. The maximum Gasteiger partial charge on any atom is 0.223 e. The van der Waals surface area contributed by atoms with Gasteiger partial charge in [0.15, 0.2) is 5.65 Å². The van der Waals surface area contributed by atoms with Gasteiger partial charge in [0.2, 0.25) is 5.91 Å². The Morgan fingerprint density at radius 2 is 2.17 bits per heavy atom. The van der Waals surface area contributed by atoms with Gasteiger partial charge in [-0.15, -0.1) is 15.3 Å². The Morgan fingerprint density at radius 3 is 2.96 bits per heavy atom. The molecule has 0 aromatic carbocycles. The number of hydrogen-bond donors (Lipinski definition) is 1. The van der Waals surface area contributed by atoms with Crippen LogP contribution in [0, 0.1) is 5.92 Å². The predicted molar refractivity (Wildman–Crippen MR) is 87.7 cm³/mol. The van der Waals surface area contributed by atoms with E-state index in [9.17, 15) is 4.79 Å². The number of nitrogens with one attached hydrogen (secondary N) is 1. The Bertz CT molecular complexity index is 703. The fourth-order valence-corrected chi connectivity index (χ4v) is 3.42. The van der Waals surface area contributed by atoms with Crippen molar-refractivity contribution < 1.29 is 9.53 Å². The van der Waals surface area contributed by atoms with E-state index in [0.717, 1.165) is 56.8 Å². The Morgan fingerprint density at radius 1 is 1.29 bits per heavy atom. The Hall–Kier alpha value is -2.22. The molecule has 1 N–H and O–H groups in total. The number of rotatable bonds is 4. The highest BCUT2D eigenvalue weighted by molar-refractivity contribution is 5.79. The normalized spacial score (nSPS) is 22.2. The molecule has 1 amide bonds. The molecule has 2 aliphatic rings. The fourth-order valence-electron chi connectivity index (χ4n) is 3.42. The van der Waals surface area contributed by atoms with Crippen molar-refractivity contribution in [2.75, 3.05) is 31.1 Å². The first-order valence-electron chi connectivity index (χ1n) is 8.61. The smallest absolute Gasteiger partial charge is 0.223 e. The second-order valence-corrected chi connectivity index (χ2v) is 6.47. The SMILES string of the molecule is O=C(NCC1CCCO1)C1CCN(c2ccc3nncn3n2)CC1. The third kappa shape index (κ3) is 3.19. The summed E-state index contributed by atoms with van der Waals surface area (Å²) < 4.78 is 7.23. The first-order chi connectivity index (χ1) is 11.8. The summed E-state index contributed by atoms with van der Waals surface area (Å²) in [5, 5.41) is 15.4. The molecule has 2 aromatic heterocycles. The van der Waals surface area contributed by atoms with Gasteiger partial charge in [0, 0.05) is 32.2 Å². The van der Waals surface area contributed by atoms with E-state index in [-0.39, 0.29) is 17.9 Å². The van der Waals surface area contributed by atoms with Crippen molar-refractivity contribution >= 4 is 17.4 Å². The second-order valence-electron chi connectivity index (χ2n) is 6.47. The molecule has 2 aromatic rings. The van der Waals surface area contributed by atoms with E-state index in [1.54, 1.807) is 10.8 Å². The number of nitrogens with zero attached hydrogens (tertiary/aromatic N) is 5. The number of carbonyl (C=O) groups is 1. The maximum atomic E-state index is 12.3. The minimum absolute atomic E-state index is 0.0845. The van der Waals surface area contributed by atoms with Crippen LogP contribution < -0.4 is 10.2 Å². The molecule has 128 valence electrons. The summed E-state index contributed by atoms with van der Waals surface area (Å²) in [6.45, 7) is 3.13. The van der Waals surface area contributed by atoms with Crippen LogP contribution in [0.5, 0.6) is 0 Å². The summed E-state index contributed by atoms with van der Waals surface area (Å²) in [6, 6.07) is 3.87. The van der Waals surface area contributed by atoms with E-state index in [1.807, 2.05) is 12.1 Å². The molecule has 2 aliphatic heterocycles. The molecule has 0 saturated carbocycles. The third-order valence-electron chi connectivity index (χ3n) is 4.87. The summed E-state index contributed by atoms with van der Waals surface area (Å²) in [7, 11) is 0. The lowest BCUT2D eigenvalue weighted by Gasteiger charge is -2.32. The van der Waals surface area contributed by atoms with Crippen LogP contribution in [0.2, 0.25) is 0 Å². The Balaban J connectivity index is 1.30. The van der Waals surface area contributed by atoms with E-state index < -0.39 is 0 Å². The zero-order chi connectivity index (χ0) is 16.4. The van der Waals surface area contributed by atoms with Crippen LogP contribution >= 0.6 is 0 Å². The zero-order valence-corrected chi connectivity index (χ0v) is 13.6. The van der Waals surface area contributed by atoms with Crippen molar-refractivity contribution in [3.63, 3.8) is 0 Å². The van der Waals surface area contributed by atoms with E-state index >= 15 is 0 Å². The molecule has 24 heavy (non-hydrogen) atoms. The first kappa shape index (κ1) is 15.3. The van der Waals surface area contributed by atoms with Gasteiger partial charge < -0.3 is 15.0 Å². The lowest BCUT2D eigenvalue weighted by atomic mass is 9.96. The van der Waals surface area contributed by atoms with Crippen LogP contribution in [0.1, 0.15) is 25.7 Å². The van der Waals surface area contributed by atoms with Crippen LogP contribution in [0.15, 0.2) is 18.5 Å². The molecule has 8 heteroatoms. The van der Waals surface area contributed by atoms with Crippen LogP contribution in [0.3, 0.4) is 0 Å². The van der Waals surface area contributed by atoms with Crippen LogP contribution in [0.4, 0.5) is 5.82 Å². The Labute approximate surface area is 140 Å². The molecule has 0 radical (unpaired) electrons. The van der Waals surface area contributed by atoms with Crippen molar-refractivity contribution in [3.05, 3.63) is 18.5 Å². The van der Waals surface area contributed by atoms with Crippen molar-refractivity contribution in [2.45, 2.75) is 31.8 Å². The lowest BCUT2D eigenvalue weighted by molar-refractivity contribution is -0.126. The molecule has 1 unspecified atom stereocenters. The number of aromatic nitrogens is 4. The van der Waals surface area contributed by atoms with Gasteiger partial charge in [-0.2, -0.15) is 4.52 Å². The number of carbonyl (C=O) groups excluding carboxylic acids is 1. The minimum Gasteiger partial charge on any atom is -0.376 e. The van der Waals surface area contributed by atoms with Crippen molar-refractivity contribution in [1.29, 1.82) is 0 Å². The molecule has 2 fully saturated rings. The molecule has 0 aliphatic carbocycles. The summed E-state index contributed by atoms with van der Waals surface area (Å²) in [5.74, 6) is 1.15. The van der Waals surface area contributed by atoms with Gasteiger partial charge in [-0.3, -0.25) is 4.79 Å². The summed E-state index contributed by atoms with van der Waals surface area (Å²) in [5.41, 5.74) is 0.738. The minimum atomic E-state index is 0.0845. The second kappa shape index (κ2) is 6.72. The summed E-state index contributed by atoms with van der Waals surface area (Å²) >= 11 is 0. The molecule has 8 nitrogen and oxygen atoms in total. The average Bonchev–Trinajstić information content (AvgIpc) is 3.30. The quantitative estimate of drug-likeness (QED) is 0.885. The van der Waals surface area contributed by atoms with Crippen LogP contribution in [0.25, 0.3) is 5.65 Å². The maximum absolute atomic E-state index is 12.3. The van der Waals surface area contributed by atoms with Crippen LogP contribution in [-0.2, 0) is 9.53 Å². The average molecular weight is 330 g/mol. The number of hydrogen-bond acceptors (Lipinski definition) is 6. The van der Waals surface area contributed by atoms with Gasteiger partial charge in [0.25, 0.3) is 0 Å². The summed E-state index contributed by atoms with van der Waals surface area (Å²) in [6.07, 6.45) is 5.65. The fraction of sp³-hybridized carbons (Fsp3) is 0.625. The predicted octanol–water partition coefficient (Wildman–Crippen LogP) is 0.636. The monoisotopic (exact) mass is 330 g/mol. The van der Waals surface area contributed by atoms with Gasteiger partial charge in [-0.25, -0.2) is 0 Å². The molecule has 1 atom stereocenters. The van der Waals surface area contributed by atoms with Crippen molar-refractivity contribution in [3.8, 4) is 0 Å². The van der Waals surface area contributed by atoms with Gasteiger partial charge >= 0.3 is 0 Å². The number of ether oxygens (including phenoxy) is 1. The number of piperidine rings is 1. The molecular formula is C16H22N6O2. The highest BCUT2D eigenvalue weighted by Crippen LogP contribution is 2.22. The zero-order valence-electron chi connectivity index (χ0n) is 13.6. The Kier molecular flexibility index (Phi) is 4.29. The number of amides is 1. The molecular weight excluding hydrogens is 308 g/mol. The largest absolute Gasteiger partial charge is 0.376 e. The number of anilines is 1. The van der Waals surface area contributed by atoms with E-state index in [2.05, 4.69) is 25.5 Å². The number of fused-ring (bicyclic) bond motifs is 1. The van der Waals surface area contributed by atoms with Gasteiger partial charge in [-0.05, 0) is 37.8 Å². The molecule has 0 bridgehead atoms. The topological polar surface area (TPSA) is 84.6 Å². The standard InChI is InChI=1S/C16H22N6O2/c23-16(17-10-13-2-1-9-24-13)12-5-7-21(8-6-12)15-4-3-14-19-18-11-22(14)20-15/h3-4,11-13H,1-2,5-10H2,(H,17,23).